The molecule has 1 fully saturated rings. The number of fused-ring (bicyclic) bond motifs is 1. The lowest BCUT2D eigenvalue weighted by atomic mass is 10.0. The van der Waals surface area contributed by atoms with Crippen molar-refractivity contribution in [1.82, 2.24) is 19.8 Å². The quantitative estimate of drug-likeness (QED) is 0.511. The molecule has 1 saturated heterocycles. The summed E-state index contributed by atoms with van der Waals surface area (Å²) in [4.78, 5) is 28.9. The molecule has 0 spiro atoms. The number of halogens is 3. The lowest BCUT2D eigenvalue weighted by Crippen LogP contribution is -2.49. The van der Waals surface area contributed by atoms with Crippen LogP contribution in [0, 0.1) is 0 Å². The first-order valence-corrected chi connectivity index (χ1v) is 12.2. The zero-order chi connectivity index (χ0) is 27.4. The van der Waals surface area contributed by atoms with E-state index in [4.69, 9.17) is 9.72 Å². The first-order chi connectivity index (χ1) is 18.0. The van der Waals surface area contributed by atoms with Gasteiger partial charge in [0, 0.05) is 50.9 Å². The van der Waals surface area contributed by atoms with Gasteiger partial charge in [0.2, 0.25) is 5.91 Å². The number of carbonyl (C=O) groups excluding carboxylic acids is 1. The Labute approximate surface area is 218 Å². The van der Waals surface area contributed by atoms with Crippen LogP contribution in [0.15, 0.2) is 30.9 Å². The lowest BCUT2D eigenvalue weighted by molar-refractivity contribution is -0.274. The molecule has 0 radical (unpaired) electrons. The van der Waals surface area contributed by atoms with Crippen molar-refractivity contribution < 1.29 is 32.5 Å². The van der Waals surface area contributed by atoms with E-state index in [1.165, 1.54) is 18.2 Å². The molecular formula is C25H31F3N6O4. The second-order valence-corrected chi connectivity index (χ2v) is 9.29. The van der Waals surface area contributed by atoms with Crippen LogP contribution in [0.5, 0.6) is 17.5 Å². The summed E-state index contributed by atoms with van der Waals surface area (Å²) in [5.41, 5.74) is 1.78. The summed E-state index contributed by atoms with van der Waals surface area (Å²) in [5, 5.41) is 10.4. The predicted molar refractivity (Wildman–Crippen MR) is 135 cm³/mol. The number of phenolic OH excluding ortho intramolecular Hbond substituents is 1. The van der Waals surface area contributed by atoms with Crippen molar-refractivity contribution in [1.29, 1.82) is 0 Å². The molecule has 0 atom stereocenters. The molecule has 1 aromatic carbocycles. The Morgan fingerprint density at radius 2 is 1.89 bits per heavy atom. The molecule has 38 heavy (non-hydrogen) atoms. The Hall–Kier alpha value is -3.74. The molecule has 1 N–H and O–H groups in total. The van der Waals surface area contributed by atoms with E-state index in [2.05, 4.69) is 21.2 Å². The maximum absolute atomic E-state index is 12.8. The van der Waals surface area contributed by atoms with Crippen LogP contribution in [0.25, 0.3) is 0 Å². The second-order valence-electron chi connectivity index (χ2n) is 9.29. The van der Waals surface area contributed by atoms with Gasteiger partial charge in [0.25, 0.3) is 0 Å². The summed E-state index contributed by atoms with van der Waals surface area (Å²) in [6, 6.07) is 3.61. The average molecular weight is 537 g/mol. The van der Waals surface area contributed by atoms with Gasteiger partial charge in [-0.3, -0.25) is 4.79 Å². The number of hydrogen-bond acceptors (Lipinski definition) is 9. The standard InChI is InChI=1S/C25H31F3N6O4/c1-4-22(36)32-9-11-33(12-10-32)23-18-7-8-34(16-19(18)29-24(30-23)37-14-13-31(2)3)20-15-17(5-6-21(20)35)38-25(26,27)28/h4-6,15,35H,1,7-14,16H2,2-3H3. The number of phenols is 1. The summed E-state index contributed by atoms with van der Waals surface area (Å²) in [7, 11) is 3.85. The lowest BCUT2D eigenvalue weighted by Gasteiger charge is -2.38. The van der Waals surface area contributed by atoms with Gasteiger partial charge in [-0.15, -0.1) is 13.2 Å². The number of piperazine rings is 1. The zero-order valence-corrected chi connectivity index (χ0v) is 21.4. The number of anilines is 2. The van der Waals surface area contributed by atoms with Gasteiger partial charge in [-0.25, -0.2) is 0 Å². The molecule has 1 aromatic heterocycles. The van der Waals surface area contributed by atoms with Crippen molar-refractivity contribution in [2.24, 2.45) is 0 Å². The van der Waals surface area contributed by atoms with Crippen LogP contribution in [0.1, 0.15) is 11.3 Å². The summed E-state index contributed by atoms with van der Waals surface area (Å²) < 4.78 is 48.2. The Balaban J connectivity index is 1.61. The summed E-state index contributed by atoms with van der Waals surface area (Å²) in [6.07, 6.45) is -3.04. The van der Waals surface area contributed by atoms with Crippen molar-refractivity contribution in [3.05, 3.63) is 42.1 Å². The molecule has 1 amide bonds. The third kappa shape index (κ3) is 6.57. The Kier molecular flexibility index (Phi) is 8.14. The highest BCUT2D eigenvalue weighted by Crippen LogP contribution is 2.37. The third-order valence-electron chi connectivity index (χ3n) is 6.38. The monoisotopic (exact) mass is 536 g/mol. The predicted octanol–water partition coefficient (Wildman–Crippen LogP) is 2.42. The maximum atomic E-state index is 12.8. The molecule has 4 rings (SSSR count). The molecule has 3 heterocycles. The average Bonchev–Trinajstić information content (AvgIpc) is 2.87. The largest absolute Gasteiger partial charge is 0.573 e. The molecule has 2 aromatic rings. The number of nitrogens with zero attached hydrogens (tertiary/aromatic N) is 6. The number of aromatic nitrogens is 2. The second kappa shape index (κ2) is 11.3. The fourth-order valence-electron chi connectivity index (χ4n) is 4.46. The van der Waals surface area contributed by atoms with Gasteiger partial charge in [0.15, 0.2) is 0 Å². The van der Waals surface area contributed by atoms with Crippen molar-refractivity contribution in [3.8, 4) is 17.5 Å². The minimum atomic E-state index is -4.84. The molecule has 0 unspecified atom stereocenters. The normalized spacial score (nSPS) is 15.9. The van der Waals surface area contributed by atoms with Gasteiger partial charge < -0.3 is 34.2 Å². The van der Waals surface area contributed by atoms with Crippen LogP contribution >= 0.6 is 0 Å². The Morgan fingerprint density at radius 1 is 1.16 bits per heavy atom. The first kappa shape index (κ1) is 27.3. The van der Waals surface area contributed by atoms with E-state index in [9.17, 15) is 23.1 Å². The van der Waals surface area contributed by atoms with Crippen molar-refractivity contribution in [2.75, 3.05) is 69.8 Å². The highest BCUT2D eigenvalue weighted by Gasteiger charge is 2.32. The van der Waals surface area contributed by atoms with Crippen LogP contribution in [0.3, 0.4) is 0 Å². The number of hydrogen-bond donors (Lipinski definition) is 1. The number of rotatable bonds is 8. The highest BCUT2D eigenvalue weighted by atomic mass is 19.4. The molecule has 0 bridgehead atoms. The Bertz CT molecular complexity index is 1170. The smallest absolute Gasteiger partial charge is 0.506 e. The van der Waals surface area contributed by atoms with E-state index in [1.54, 1.807) is 9.80 Å². The zero-order valence-electron chi connectivity index (χ0n) is 21.4. The molecule has 2 aliphatic rings. The third-order valence-corrected chi connectivity index (χ3v) is 6.38. The van der Waals surface area contributed by atoms with E-state index in [1.807, 2.05) is 19.0 Å². The van der Waals surface area contributed by atoms with E-state index in [0.29, 0.717) is 58.0 Å². The van der Waals surface area contributed by atoms with Gasteiger partial charge in [0.05, 0.1) is 17.9 Å². The molecule has 10 nitrogen and oxygen atoms in total. The number of alkyl halides is 3. The fraction of sp³-hybridized carbons (Fsp3) is 0.480. The molecule has 0 aliphatic carbocycles. The van der Waals surface area contributed by atoms with Gasteiger partial charge in [0.1, 0.15) is 23.9 Å². The van der Waals surface area contributed by atoms with Crippen molar-refractivity contribution in [3.63, 3.8) is 0 Å². The highest BCUT2D eigenvalue weighted by molar-refractivity contribution is 5.87. The number of benzene rings is 1. The summed E-state index contributed by atoms with van der Waals surface area (Å²) in [6.45, 7) is 7.41. The minimum Gasteiger partial charge on any atom is -0.506 e. The molecular weight excluding hydrogens is 505 g/mol. The number of ether oxygens (including phenoxy) is 2. The van der Waals surface area contributed by atoms with Gasteiger partial charge in [-0.05, 0) is 38.7 Å². The number of aromatic hydroxyl groups is 1. The Morgan fingerprint density at radius 3 is 2.55 bits per heavy atom. The van der Waals surface area contributed by atoms with E-state index in [-0.39, 0.29) is 29.9 Å². The maximum Gasteiger partial charge on any atom is 0.573 e. The van der Waals surface area contributed by atoms with Crippen LogP contribution in [-0.4, -0.2) is 97.1 Å². The molecule has 13 heteroatoms. The topological polar surface area (TPSA) is 94.5 Å². The van der Waals surface area contributed by atoms with E-state index in [0.717, 1.165) is 17.4 Å². The first-order valence-electron chi connectivity index (χ1n) is 12.2. The van der Waals surface area contributed by atoms with Crippen molar-refractivity contribution in [2.45, 2.75) is 19.3 Å². The summed E-state index contributed by atoms with van der Waals surface area (Å²) in [5.74, 6) is 0.0229. The van der Waals surface area contributed by atoms with Crippen LogP contribution in [0.2, 0.25) is 0 Å². The van der Waals surface area contributed by atoms with Crippen molar-refractivity contribution >= 4 is 17.4 Å². The summed E-state index contributed by atoms with van der Waals surface area (Å²) >= 11 is 0. The fourth-order valence-corrected chi connectivity index (χ4v) is 4.46. The molecule has 2 aliphatic heterocycles. The number of amides is 1. The minimum absolute atomic E-state index is 0.116. The van der Waals surface area contributed by atoms with Crippen LogP contribution in [-0.2, 0) is 17.8 Å². The molecule has 0 saturated carbocycles. The SMILES string of the molecule is C=CC(=O)N1CCN(c2nc(OCCN(C)C)nc3c2CCN(c2cc(OC(F)(F)F)ccc2O)C3)CC1. The van der Waals surface area contributed by atoms with Gasteiger partial charge in [-0.1, -0.05) is 6.58 Å². The molecule has 206 valence electrons. The van der Waals surface area contributed by atoms with E-state index < -0.39 is 12.1 Å². The number of carbonyl (C=O) groups is 1. The number of likely N-dealkylation sites (N-methyl/N-ethyl adjacent to an activating group) is 1. The van der Waals surface area contributed by atoms with E-state index >= 15 is 0 Å². The van der Waals surface area contributed by atoms with Gasteiger partial charge >= 0.3 is 12.4 Å². The van der Waals surface area contributed by atoms with Gasteiger partial charge in [-0.2, -0.15) is 9.97 Å². The van der Waals surface area contributed by atoms with Crippen LogP contribution in [0.4, 0.5) is 24.7 Å². The van der Waals surface area contributed by atoms with Crippen LogP contribution < -0.4 is 19.3 Å².